The second-order valence-electron chi connectivity index (χ2n) is 20.2. The molecule has 4 atom stereocenters. The summed E-state index contributed by atoms with van der Waals surface area (Å²) in [6, 6.07) is 32.9. The number of nitrogens with two attached hydrogens (primary N) is 1. The van der Waals surface area contributed by atoms with Crippen molar-refractivity contribution in [3.05, 3.63) is 161 Å². The number of carbonyl (C=O) groups excluding carboxylic acids is 2. The predicted molar refractivity (Wildman–Crippen MR) is 307 cm³/mol. The van der Waals surface area contributed by atoms with Gasteiger partial charge in [0, 0.05) is 88.9 Å². The molecule has 21 heteroatoms. The van der Waals surface area contributed by atoms with Crippen LogP contribution in [-0.2, 0) is 22.7 Å². The van der Waals surface area contributed by atoms with Gasteiger partial charge in [0.05, 0.1) is 46.2 Å². The van der Waals surface area contributed by atoms with E-state index in [-0.39, 0.29) is 23.5 Å². The van der Waals surface area contributed by atoms with Gasteiger partial charge in [0.1, 0.15) is 35.9 Å². The Bertz CT molecular complexity index is 3260. The normalized spacial score (nSPS) is 19.9. The van der Waals surface area contributed by atoms with Crippen molar-refractivity contribution in [2.45, 2.75) is 88.7 Å². The summed E-state index contributed by atoms with van der Waals surface area (Å²) in [7, 11) is 0. The summed E-state index contributed by atoms with van der Waals surface area (Å²) in [4.78, 5) is 59.3. The number of hydrogen-bond acceptors (Lipinski definition) is 14. The Morgan fingerprint density at radius 3 is 1.56 bits per heavy atom. The summed E-state index contributed by atoms with van der Waals surface area (Å²) in [5, 5.41) is 4.67. The van der Waals surface area contributed by atoms with Gasteiger partial charge in [-0.1, -0.05) is 102 Å². The van der Waals surface area contributed by atoms with Crippen molar-refractivity contribution >= 4 is 64.2 Å². The highest BCUT2D eigenvalue weighted by Crippen LogP contribution is 2.31. The first kappa shape index (κ1) is 55.4. The van der Waals surface area contributed by atoms with E-state index in [1.54, 1.807) is 18.6 Å². The summed E-state index contributed by atoms with van der Waals surface area (Å²) in [6.07, 6.45) is 19.1. The zero-order chi connectivity index (χ0) is 54.5. The van der Waals surface area contributed by atoms with Gasteiger partial charge in [-0.3, -0.25) is 18.6 Å². The standard InChI is InChI=1S/C29H32ClN7O2.C18H27N3O2.C11H6Cl2N4/c30-24-18-32-28(34-27(24)25-19-31-26-11-4-5-12-37(25)26)33-22-9-6-10-23(17-22)35-13-15-36(16-14-35)29(38)39-20-21-7-2-1-3-8-21;19-16-7-4-8-17(13-16)20-9-11-21(12-10-20)18(22)23-14-15-5-2-1-3-6-15;12-7-5-15-11(13)16-10(7)8-6-14-9-3-1-2-4-17(8)9/h1-5,7-8,11-12,18-19,22-23H,6,9-10,13-17,20H2,(H,32,33,34);1-3,5-6,16-17H,4,7-14,19H2;1-6H/t22-,23+;16-,17+;/m11./s1. The third kappa shape index (κ3) is 14.5. The lowest BCUT2D eigenvalue weighted by Gasteiger charge is -2.42. The van der Waals surface area contributed by atoms with Crippen LogP contribution < -0.4 is 11.1 Å². The molecule has 2 aromatic carbocycles. The molecule has 79 heavy (non-hydrogen) atoms. The number of benzene rings is 2. The number of piperazine rings is 2. The van der Waals surface area contributed by atoms with Crippen LogP contribution >= 0.6 is 34.8 Å². The highest BCUT2D eigenvalue weighted by molar-refractivity contribution is 6.33. The van der Waals surface area contributed by atoms with Crippen molar-refractivity contribution in [3.8, 4) is 22.8 Å². The Hall–Kier alpha value is -6.93. The van der Waals surface area contributed by atoms with Crippen LogP contribution in [0, 0.1) is 0 Å². The monoisotopic (exact) mass is 1130 g/mol. The van der Waals surface area contributed by atoms with Crippen LogP contribution in [0.15, 0.2) is 134 Å². The highest BCUT2D eigenvalue weighted by atomic mass is 35.5. The van der Waals surface area contributed by atoms with Crippen molar-refractivity contribution in [3.63, 3.8) is 0 Å². The minimum Gasteiger partial charge on any atom is -0.445 e. The van der Waals surface area contributed by atoms with Crippen molar-refractivity contribution in [1.29, 1.82) is 0 Å². The second-order valence-corrected chi connectivity index (χ2v) is 21.4. The van der Waals surface area contributed by atoms with Crippen molar-refractivity contribution in [2.24, 2.45) is 5.73 Å². The van der Waals surface area contributed by atoms with Gasteiger partial charge in [0.15, 0.2) is 0 Å². The number of halogens is 3. The second kappa shape index (κ2) is 26.8. The van der Waals surface area contributed by atoms with Crippen molar-refractivity contribution in [1.82, 2.24) is 58.3 Å². The molecular formula is C58H65Cl3N14O4. The van der Waals surface area contributed by atoms with Crippen LogP contribution in [0.4, 0.5) is 15.5 Å². The number of nitrogens with one attached hydrogen (secondary N) is 1. The van der Waals surface area contributed by atoms with Crippen LogP contribution in [0.3, 0.4) is 0 Å². The third-order valence-electron chi connectivity index (χ3n) is 15.0. The van der Waals surface area contributed by atoms with Gasteiger partial charge in [0.2, 0.25) is 11.2 Å². The van der Waals surface area contributed by atoms with E-state index >= 15 is 0 Å². The van der Waals surface area contributed by atoms with Gasteiger partial charge in [0.25, 0.3) is 0 Å². The molecule has 8 aromatic rings. The molecule has 2 aliphatic carbocycles. The Balaban J connectivity index is 0.000000148. The average Bonchev–Trinajstić information content (AvgIpc) is 4.15. The van der Waals surface area contributed by atoms with Crippen LogP contribution in [-0.4, -0.2) is 147 Å². The van der Waals surface area contributed by atoms with Gasteiger partial charge in [-0.15, -0.1) is 0 Å². The van der Waals surface area contributed by atoms with E-state index in [0.717, 1.165) is 112 Å². The number of rotatable bonds is 10. The topological polar surface area (TPSA) is 190 Å². The maximum Gasteiger partial charge on any atom is 0.410 e. The molecule has 0 radical (unpaired) electrons. The predicted octanol–water partition coefficient (Wildman–Crippen LogP) is 10.4. The number of nitrogens with zero attached hydrogens (tertiary/aromatic N) is 12. The first-order chi connectivity index (χ1) is 38.6. The molecule has 18 nitrogen and oxygen atoms in total. The number of carbonyl (C=O) groups is 2. The Kier molecular flexibility index (Phi) is 18.8. The molecule has 412 valence electrons. The van der Waals surface area contributed by atoms with Crippen molar-refractivity contribution < 1.29 is 19.1 Å². The number of aromatic nitrogens is 8. The highest BCUT2D eigenvalue weighted by Gasteiger charge is 2.32. The average molecular weight is 1130 g/mol. The third-order valence-corrected chi connectivity index (χ3v) is 15.8. The van der Waals surface area contributed by atoms with Crippen LogP contribution in [0.2, 0.25) is 15.3 Å². The number of imidazole rings is 2. The summed E-state index contributed by atoms with van der Waals surface area (Å²) < 4.78 is 14.8. The lowest BCUT2D eigenvalue weighted by atomic mass is 9.89. The molecule has 0 bridgehead atoms. The summed E-state index contributed by atoms with van der Waals surface area (Å²) in [5.74, 6) is 0.580. The summed E-state index contributed by atoms with van der Waals surface area (Å²) in [6.45, 7) is 7.09. The van der Waals surface area contributed by atoms with Gasteiger partial charge >= 0.3 is 12.2 Å². The minimum absolute atomic E-state index is 0.162. The van der Waals surface area contributed by atoms with Crippen LogP contribution in [0.1, 0.15) is 62.5 Å². The van der Waals surface area contributed by atoms with E-state index in [1.165, 1.54) is 19.0 Å². The lowest BCUT2D eigenvalue weighted by Crippen LogP contribution is -2.53. The molecule has 4 fully saturated rings. The number of anilines is 1. The molecule has 2 amide bonds. The molecule has 2 aliphatic heterocycles. The zero-order valence-corrected chi connectivity index (χ0v) is 46.2. The summed E-state index contributed by atoms with van der Waals surface area (Å²) >= 11 is 18.3. The SMILES string of the molecule is Clc1ncc(Cl)c(-c2cnc3ccccn23)n1.N[C@@H]1CCC[C@H](N2CCN(C(=O)OCc3ccccc3)CC2)C1.O=C(OCc1ccccc1)N1CCN([C@H]2CCC[C@@H](Nc3ncc(Cl)c(-c4cnc5ccccn45)n3)C2)CC1. The minimum atomic E-state index is -0.233. The Morgan fingerprint density at radius 2 is 1.03 bits per heavy atom. The fourth-order valence-corrected chi connectivity index (χ4v) is 11.4. The van der Waals surface area contributed by atoms with E-state index < -0.39 is 0 Å². The molecule has 4 aliphatic rings. The maximum atomic E-state index is 12.6. The maximum absolute atomic E-state index is 12.6. The van der Waals surface area contributed by atoms with E-state index in [4.69, 9.17) is 55.0 Å². The lowest BCUT2D eigenvalue weighted by molar-refractivity contribution is 0.0510. The number of ether oxygens (including phenoxy) is 2. The molecule has 6 aromatic heterocycles. The first-order valence-corrected chi connectivity index (χ1v) is 28.2. The molecule has 0 spiro atoms. The van der Waals surface area contributed by atoms with Crippen molar-refractivity contribution in [2.75, 3.05) is 57.7 Å². The van der Waals surface area contributed by atoms with Gasteiger partial charge in [-0.05, 0) is 91.9 Å². The number of amides is 2. The van der Waals surface area contributed by atoms with E-state index in [9.17, 15) is 9.59 Å². The Labute approximate surface area is 474 Å². The van der Waals surface area contributed by atoms with E-state index in [0.29, 0.717) is 71.8 Å². The number of fused-ring (bicyclic) bond motifs is 2. The first-order valence-electron chi connectivity index (χ1n) is 27.1. The number of pyridine rings is 2. The molecule has 12 rings (SSSR count). The molecule has 2 saturated heterocycles. The quantitative estimate of drug-likeness (QED) is 0.123. The smallest absolute Gasteiger partial charge is 0.410 e. The Morgan fingerprint density at radius 1 is 0.544 bits per heavy atom. The van der Waals surface area contributed by atoms with E-state index in [2.05, 4.69) is 40.0 Å². The van der Waals surface area contributed by atoms with Gasteiger partial charge in [-0.2, -0.15) is 0 Å². The molecular weight excluding hydrogens is 1060 g/mol. The van der Waals surface area contributed by atoms with Crippen LogP contribution in [0.25, 0.3) is 34.1 Å². The van der Waals surface area contributed by atoms with Crippen LogP contribution in [0.5, 0.6) is 0 Å². The fourth-order valence-electron chi connectivity index (χ4n) is 10.9. The molecule has 0 unspecified atom stereocenters. The largest absolute Gasteiger partial charge is 0.445 e. The number of hydrogen-bond donors (Lipinski definition) is 2. The molecule has 2 saturated carbocycles. The fraction of sp³-hybridized carbons (Fsp3) is 0.379. The summed E-state index contributed by atoms with van der Waals surface area (Å²) in [5.41, 5.74) is 12.6. The van der Waals surface area contributed by atoms with E-state index in [1.807, 2.05) is 128 Å². The zero-order valence-electron chi connectivity index (χ0n) is 43.9. The van der Waals surface area contributed by atoms with Gasteiger partial charge in [-0.25, -0.2) is 39.5 Å². The molecule has 3 N–H and O–H groups in total. The molecule has 8 heterocycles. The van der Waals surface area contributed by atoms with Gasteiger partial charge < -0.3 is 30.3 Å².